The zero-order chi connectivity index (χ0) is 11.1. The molecule has 1 amide bonds. The van der Waals surface area contributed by atoms with E-state index in [9.17, 15) is 4.79 Å². The van der Waals surface area contributed by atoms with Crippen LogP contribution in [0.4, 0.5) is 0 Å². The molecule has 0 saturated carbocycles. The maximum atomic E-state index is 11.5. The predicted octanol–water partition coefficient (Wildman–Crippen LogP) is 0.439. The first-order valence-corrected chi connectivity index (χ1v) is 4.46. The molecular formula is C11H12N2O2. The molecule has 1 N–H and O–H groups in total. The number of methoxy groups -OCH3 is 1. The molecule has 4 heteroatoms. The monoisotopic (exact) mass is 204 g/mol. The molecule has 0 atom stereocenters. The molecule has 0 fully saturated rings. The maximum Gasteiger partial charge on any atom is 0.252 e. The molecule has 0 aliphatic rings. The summed E-state index contributed by atoms with van der Waals surface area (Å²) < 4.78 is 4.81. The Morgan fingerprint density at radius 3 is 3.13 bits per heavy atom. The summed E-state index contributed by atoms with van der Waals surface area (Å²) in [5.74, 6) is 2.22. The third-order valence-electron chi connectivity index (χ3n) is 1.76. The van der Waals surface area contributed by atoms with Gasteiger partial charge < -0.3 is 10.1 Å². The second-order valence-electron chi connectivity index (χ2n) is 2.86. The SMILES string of the molecule is C#Cc1cncc(C(=O)NCCOC)c1. The molecule has 0 saturated heterocycles. The lowest BCUT2D eigenvalue weighted by Crippen LogP contribution is -2.27. The highest BCUT2D eigenvalue weighted by Gasteiger charge is 2.04. The van der Waals surface area contributed by atoms with Gasteiger partial charge in [-0.05, 0) is 6.07 Å². The number of aromatic nitrogens is 1. The van der Waals surface area contributed by atoms with Gasteiger partial charge in [0, 0.05) is 31.6 Å². The minimum Gasteiger partial charge on any atom is -0.383 e. The number of carbonyl (C=O) groups is 1. The van der Waals surface area contributed by atoms with E-state index in [0.717, 1.165) is 0 Å². The molecule has 0 aliphatic carbocycles. The van der Waals surface area contributed by atoms with E-state index in [1.807, 2.05) is 0 Å². The fourth-order valence-corrected chi connectivity index (χ4v) is 1.01. The lowest BCUT2D eigenvalue weighted by molar-refractivity contribution is 0.0936. The zero-order valence-electron chi connectivity index (χ0n) is 8.49. The Morgan fingerprint density at radius 1 is 1.67 bits per heavy atom. The maximum absolute atomic E-state index is 11.5. The van der Waals surface area contributed by atoms with Gasteiger partial charge in [0.15, 0.2) is 0 Å². The lowest BCUT2D eigenvalue weighted by atomic mass is 10.2. The Morgan fingerprint density at radius 2 is 2.47 bits per heavy atom. The number of carbonyl (C=O) groups excluding carboxylic acids is 1. The van der Waals surface area contributed by atoms with E-state index in [1.54, 1.807) is 13.2 Å². The number of terminal acetylenes is 1. The van der Waals surface area contributed by atoms with Gasteiger partial charge in [-0.25, -0.2) is 0 Å². The number of amides is 1. The Labute approximate surface area is 88.7 Å². The van der Waals surface area contributed by atoms with Crippen LogP contribution in [0, 0.1) is 12.3 Å². The van der Waals surface area contributed by atoms with Crippen molar-refractivity contribution in [3.63, 3.8) is 0 Å². The smallest absolute Gasteiger partial charge is 0.252 e. The highest BCUT2D eigenvalue weighted by molar-refractivity contribution is 5.94. The van der Waals surface area contributed by atoms with Crippen LogP contribution in [0.2, 0.25) is 0 Å². The van der Waals surface area contributed by atoms with Crippen molar-refractivity contribution in [1.82, 2.24) is 10.3 Å². The second kappa shape index (κ2) is 5.78. The number of hydrogen-bond donors (Lipinski definition) is 1. The number of nitrogens with zero attached hydrogens (tertiary/aromatic N) is 1. The van der Waals surface area contributed by atoms with Crippen LogP contribution in [-0.2, 0) is 4.74 Å². The van der Waals surface area contributed by atoms with Crippen molar-refractivity contribution < 1.29 is 9.53 Å². The van der Waals surface area contributed by atoms with Gasteiger partial charge in [0.25, 0.3) is 5.91 Å². The Kier molecular flexibility index (Phi) is 4.32. The number of rotatable bonds is 4. The standard InChI is InChI=1S/C11H12N2O2/c1-3-9-6-10(8-12-7-9)11(14)13-4-5-15-2/h1,6-8H,4-5H2,2H3,(H,13,14). The summed E-state index contributed by atoms with van der Waals surface area (Å²) in [5.41, 5.74) is 1.05. The summed E-state index contributed by atoms with van der Waals surface area (Å²) in [7, 11) is 1.58. The molecule has 1 aromatic heterocycles. The Bertz CT molecular complexity index is 382. The molecule has 0 unspecified atom stereocenters. The molecule has 1 rings (SSSR count). The average molecular weight is 204 g/mol. The summed E-state index contributed by atoms with van der Waals surface area (Å²) in [6.07, 6.45) is 8.21. The molecule has 78 valence electrons. The minimum atomic E-state index is -0.198. The highest BCUT2D eigenvalue weighted by Crippen LogP contribution is 2.00. The van der Waals surface area contributed by atoms with Crippen molar-refractivity contribution in [2.24, 2.45) is 0 Å². The molecular weight excluding hydrogens is 192 g/mol. The second-order valence-corrected chi connectivity index (χ2v) is 2.86. The van der Waals surface area contributed by atoms with Gasteiger partial charge in [-0.2, -0.15) is 0 Å². The van der Waals surface area contributed by atoms with Crippen molar-refractivity contribution in [3.05, 3.63) is 29.6 Å². The molecule has 15 heavy (non-hydrogen) atoms. The van der Waals surface area contributed by atoms with Crippen LogP contribution < -0.4 is 5.32 Å². The summed E-state index contributed by atoms with van der Waals surface area (Å²) in [4.78, 5) is 15.4. The zero-order valence-corrected chi connectivity index (χ0v) is 8.49. The van der Waals surface area contributed by atoms with E-state index in [2.05, 4.69) is 16.2 Å². The van der Waals surface area contributed by atoms with E-state index in [0.29, 0.717) is 24.3 Å². The molecule has 0 aromatic carbocycles. The van der Waals surface area contributed by atoms with E-state index >= 15 is 0 Å². The lowest BCUT2D eigenvalue weighted by Gasteiger charge is -2.03. The molecule has 4 nitrogen and oxygen atoms in total. The molecule has 0 bridgehead atoms. The van der Waals surface area contributed by atoms with Crippen molar-refractivity contribution >= 4 is 5.91 Å². The molecule has 0 aliphatic heterocycles. The number of nitrogens with one attached hydrogen (secondary N) is 1. The molecule has 1 heterocycles. The van der Waals surface area contributed by atoms with Crippen LogP contribution >= 0.6 is 0 Å². The van der Waals surface area contributed by atoms with Gasteiger partial charge in [0.1, 0.15) is 0 Å². The fraction of sp³-hybridized carbons (Fsp3) is 0.273. The number of pyridine rings is 1. The Hall–Kier alpha value is -1.86. The average Bonchev–Trinajstić information content (AvgIpc) is 2.29. The minimum absolute atomic E-state index is 0.198. The van der Waals surface area contributed by atoms with Crippen LogP contribution in [0.5, 0.6) is 0 Å². The van der Waals surface area contributed by atoms with Crippen LogP contribution in [0.1, 0.15) is 15.9 Å². The summed E-state index contributed by atoms with van der Waals surface area (Å²) in [6.45, 7) is 0.948. The molecule has 1 aromatic rings. The normalized spacial score (nSPS) is 9.33. The van der Waals surface area contributed by atoms with Crippen LogP contribution in [0.15, 0.2) is 18.5 Å². The van der Waals surface area contributed by atoms with Gasteiger partial charge in [-0.1, -0.05) is 5.92 Å². The van der Waals surface area contributed by atoms with E-state index in [4.69, 9.17) is 11.2 Å². The van der Waals surface area contributed by atoms with Crippen LogP contribution in [-0.4, -0.2) is 31.2 Å². The Balaban J connectivity index is 2.62. The summed E-state index contributed by atoms with van der Waals surface area (Å²) >= 11 is 0. The van der Waals surface area contributed by atoms with Crippen molar-refractivity contribution in [2.45, 2.75) is 0 Å². The number of ether oxygens (including phenoxy) is 1. The van der Waals surface area contributed by atoms with Crippen molar-refractivity contribution in [2.75, 3.05) is 20.3 Å². The first-order valence-electron chi connectivity index (χ1n) is 4.46. The fourth-order valence-electron chi connectivity index (χ4n) is 1.01. The summed E-state index contributed by atoms with van der Waals surface area (Å²) in [5, 5.41) is 2.68. The van der Waals surface area contributed by atoms with E-state index in [1.165, 1.54) is 12.4 Å². The van der Waals surface area contributed by atoms with Gasteiger partial charge >= 0.3 is 0 Å². The van der Waals surface area contributed by atoms with Gasteiger partial charge in [0.2, 0.25) is 0 Å². The first-order chi connectivity index (χ1) is 7.27. The van der Waals surface area contributed by atoms with Gasteiger partial charge in [0.05, 0.1) is 12.2 Å². The summed E-state index contributed by atoms with van der Waals surface area (Å²) in [6, 6.07) is 1.62. The van der Waals surface area contributed by atoms with Crippen molar-refractivity contribution in [1.29, 1.82) is 0 Å². The molecule has 0 radical (unpaired) electrons. The van der Waals surface area contributed by atoms with Crippen LogP contribution in [0.3, 0.4) is 0 Å². The largest absolute Gasteiger partial charge is 0.383 e. The topological polar surface area (TPSA) is 51.2 Å². The third-order valence-corrected chi connectivity index (χ3v) is 1.76. The first kappa shape index (κ1) is 11.2. The van der Waals surface area contributed by atoms with Gasteiger partial charge in [-0.3, -0.25) is 9.78 Å². The number of hydrogen-bond acceptors (Lipinski definition) is 3. The third kappa shape index (κ3) is 3.41. The predicted molar refractivity (Wildman–Crippen MR) is 56.4 cm³/mol. The quantitative estimate of drug-likeness (QED) is 0.572. The molecule has 0 spiro atoms. The van der Waals surface area contributed by atoms with Crippen molar-refractivity contribution in [3.8, 4) is 12.3 Å². The van der Waals surface area contributed by atoms with E-state index in [-0.39, 0.29) is 5.91 Å². The van der Waals surface area contributed by atoms with Crippen LogP contribution in [0.25, 0.3) is 0 Å². The van der Waals surface area contributed by atoms with E-state index < -0.39 is 0 Å². The van der Waals surface area contributed by atoms with Gasteiger partial charge in [-0.15, -0.1) is 6.42 Å². The highest BCUT2D eigenvalue weighted by atomic mass is 16.5.